The van der Waals surface area contributed by atoms with Crippen molar-refractivity contribution >= 4 is 39.1 Å². The lowest BCUT2D eigenvalue weighted by atomic mass is 10.2. The first-order valence-corrected chi connectivity index (χ1v) is 8.64. The third-order valence-electron chi connectivity index (χ3n) is 3.77. The third-order valence-corrected chi connectivity index (χ3v) is 5.08. The van der Waals surface area contributed by atoms with Crippen molar-refractivity contribution in [3.63, 3.8) is 0 Å². The molecule has 3 heterocycles. The summed E-state index contributed by atoms with van der Waals surface area (Å²) in [4.78, 5) is 17.1. The molecule has 0 bridgehead atoms. The van der Waals surface area contributed by atoms with Crippen LogP contribution in [-0.4, -0.2) is 41.3 Å². The first kappa shape index (κ1) is 14.8. The molecule has 1 fully saturated rings. The lowest BCUT2D eigenvalue weighted by molar-refractivity contribution is 0.122. The van der Waals surface area contributed by atoms with E-state index in [-0.39, 0.29) is 0 Å². The van der Waals surface area contributed by atoms with Crippen molar-refractivity contribution in [3.8, 4) is 10.6 Å². The molecule has 0 N–H and O–H groups in total. The maximum atomic E-state index is 6.31. The Morgan fingerprint density at radius 1 is 1.13 bits per heavy atom. The van der Waals surface area contributed by atoms with Gasteiger partial charge in [-0.2, -0.15) is 0 Å². The van der Waals surface area contributed by atoms with E-state index >= 15 is 0 Å². The third kappa shape index (κ3) is 2.78. The van der Waals surface area contributed by atoms with E-state index in [1.807, 2.05) is 31.2 Å². The van der Waals surface area contributed by atoms with Crippen LogP contribution in [0.25, 0.3) is 20.9 Å². The van der Waals surface area contributed by atoms with E-state index in [2.05, 4.69) is 14.9 Å². The number of rotatable bonds is 2. The molecule has 0 amide bonds. The fourth-order valence-electron chi connectivity index (χ4n) is 2.66. The van der Waals surface area contributed by atoms with Crippen LogP contribution in [0.5, 0.6) is 0 Å². The molecule has 1 aromatic carbocycles. The Morgan fingerprint density at radius 2 is 1.91 bits per heavy atom. The standard InChI is InChI=1S/C16H15ClN4OS/c1-10-18-14(21-6-8-22-9-7-21)13-16(19-10)23-15(20-13)11-4-2-3-5-12(11)17/h2-5H,6-9H2,1H3. The number of aromatic nitrogens is 3. The SMILES string of the molecule is Cc1nc(N2CCOCC2)c2nc(-c3ccccc3Cl)sc2n1. The molecule has 0 atom stereocenters. The van der Waals surface area contributed by atoms with Crippen molar-refractivity contribution in [2.24, 2.45) is 0 Å². The average Bonchev–Trinajstić information content (AvgIpc) is 2.99. The van der Waals surface area contributed by atoms with Gasteiger partial charge >= 0.3 is 0 Å². The number of aryl methyl sites for hydroxylation is 1. The molecule has 0 spiro atoms. The summed E-state index contributed by atoms with van der Waals surface area (Å²) < 4.78 is 5.43. The van der Waals surface area contributed by atoms with Gasteiger partial charge in [0, 0.05) is 18.7 Å². The number of hydrogen-bond acceptors (Lipinski definition) is 6. The predicted octanol–water partition coefficient (Wildman–Crippen LogP) is 3.55. The number of fused-ring (bicyclic) bond motifs is 1. The van der Waals surface area contributed by atoms with Crippen LogP contribution in [-0.2, 0) is 4.74 Å². The minimum absolute atomic E-state index is 0.698. The zero-order valence-corrected chi connectivity index (χ0v) is 14.2. The molecular weight excluding hydrogens is 332 g/mol. The van der Waals surface area contributed by atoms with E-state index in [0.717, 1.165) is 45.6 Å². The van der Waals surface area contributed by atoms with Crippen LogP contribution in [0.3, 0.4) is 0 Å². The van der Waals surface area contributed by atoms with Crippen LogP contribution in [0.1, 0.15) is 5.82 Å². The molecule has 7 heteroatoms. The van der Waals surface area contributed by atoms with E-state index in [4.69, 9.17) is 21.3 Å². The number of hydrogen-bond donors (Lipinski definition) is 0. The minimum atomic E-state index is 0.698. The summed E-state index contributed by atoms with van der Waals surface area (Å²) in [7, 11) is 0. The fraction of sp³-hybridized carbons (Fsp3) is 0.312. The Kier molecular flexibility index (Phi) is 3.88. The minimum Gasteiger partial charge on any atom is -0.378 e. The normalized spacial score (nSPS) is 15.3. The predicted molar refractivity (Wildman–Crippen MR) is 93.4 cm³/mol. The van der Waals surface area contributed by atoms with Crippen molar-refractivity contribution in [2.45, 2.75) is 6.92 Å². The fourth-order valence-corrected chi connectivity index (χ4v) is 3.96. The van der Waals surface area contributed by atoms with E-state index < -0.39 is 0 Å². The molecule has 1 aliphatic heterocycles. The van der Waals surface area contributed by atoms with Gasteiger partial charge in [0.1, 0.15) is 21.2 Å². The lowest BCUT2D eigenvalue weighted by Crippen LogP contribution is -2.37. The van der Waals surface area contributed by atoms with Gasteiger partial charge in [-0.15, -0.1) is 0 Å². The van der Waals surface area contributed by atoms with Gasteiger partial charge in [0.15, 0.2) is 5.82 Å². The summed E-state index contributed by atoms with van der Waals surface area (Å²) in [6.45, 7) is 4.99. The van der Waals surface area contributed by atoms with Crippen LogP contribution >= 0.6 is 22.9 Å². The highest BCUT2D eigenvalue weighted by Crippen LogP contribution is 2.36. The Balaban J connectivity index is 1.86. The Labute approximate surface area is 142 Å². The van der Waals surface area contributed by atoms with E-state index in [1.165, 1.54) is 0 Å². The van der Waals surface area contributed by atoms with Gasteiger partial charge in [0.05, 0.1) is 18.2 Å². The quantitative estimate of drug-likeness (QED) is 0.710. The summed E-state index contributed by atoms with van der Waals surface area (Å²) in [6, 6.07) is 7.74. The van der Waals surface area contributed by atoms with Gasteiger partial charge < -0.3 is 9.64 Å². The smallest absolute Gasteiger partial charge is 0.160 e. The molecule has 23 heavy (non-hydrogen) atoms. The molecule has 0 aliphatic carbocycles. The van der Waals surface area contributed by atoms with Crippen molar-refractivity contribution in [2.75, 3.05) is 31.2 Å². The molecule has 0 unspecified atom stereocenters. The van der Waals surface area contributed by atoms with E-state index in [1.54, 1.807) is 11.3 Å². The highest BCUT2D eigenvalue weighted by molar-refractivity contribution is 7.21. The number of halogens is 1. The second-order valence-corrected chi connectivity index (χ2v) is 6.73. The van der Waals surface area contributed by atoms with Gasteiger partial charge in [-0.25, -0.2) is 15.0 Å². The van der Waals surface area contributed by atoms with Crippen molar-refractivity contribution in [1.29, 1.82) is 0 Å². The highest BCUT2D eigenvalue weighted by Gasteiger charge is 2.20. The number of nitrogens with zero attached hydrogens (tertiary/aromatic N) is 4. The second kappa shape index (κ2) is 6.03. The molecule has 2 aromatic heterocycles. The first-order valence-electron chi connectivity index (χ1n) is 7.45. The molecule has 0 saturated carbocycles. The topological polar surface area (TPSA) is 51.1 Å². The Bertz CT molecular complexity index is 860. The Morgan fingerprint density at radius 3 is 2.70 bits per heavy atom. The molecule has 1 saturated heterocycles. The van der Waals surface area contributed by atoms with Crippen LogP contribution < -0.4 is 4.90 Å². The van der Waals surface area contributed by atoms with Crippen LogP contribution in [0, 0.1) is 6.92 Å². The lowest BCUT2D eigenvalue weighted by Gasteiger charge is -2.27. The monoisotopic (exact) mass is 346 g/mol. The summed E-state index contributed by atoms with van der Waals surface area (Å²) in [5, 5.41) is 1.57. The summed E-state index contributed by atoms with van der Waals surface area (Å²) in [5.74, 6) is 1.65. The average molecular weight is 347 g/mol. The van der Waals surface area contributed by atoms with Crippen LogP contribution in [0.4, 0.5) is 5.82 Å². The molecule has 3 aromatic rings. The maximum Gasteiger partial charge on any atom is 0.160 e. The zero-order chi connectivity index (χ0) is 15.8. The highest BCUT2D eigenvalue weighted by atomic mass is 35.5. The number of ether oxygens (including phenoxy) is 1. The van der Waals surface area contributed by atoms with Gasteiger partial charge in [-0.05, 0) is 13.0 Å². The zero-order valence-electron chi connectivity index (χ0n) is 12.6. The van der Waals surface area contributed by atoms with Crippen LogP contribution in [0.15, 0.2) is 24.3 Å². The van der Waals surface area contributed by atoms with Crippen molar-refractivity contribution in [1.82, 2.24) is 15.0 Å². The largest absolute Gasteiger partial charge is 0.378 e. The molecule has 118 valence electrons. The summed E-state index contributed by atoms with van der Waals surface area (Å²) in [5.41, 5.74) is 1.78. The molecular formula is C16H15ClN4OS. The van der Waals surface area contributed by atoms with Crippen molar-refractivity contribution < 1.29 is 4.74 Å². The van der Waals surface area contributed by atoms with Gasteiger partial charge in [-0.1, -0.05) is 41.1 Å². The Hall–Kier alpha value is -1.76. The number of benzene rings is 1. The summed E-state index contributed by atoms with van der Waals surface area (Å²) >= 11 is 7.86. The van der Waals surface area contributed by atoms with Gasteiger partial charge in [-0.3, -0.25) is 0 Å². The molecule has 1 aliphatic rings. The first-order chi connectivity index (χ1) is 11.2. The van der Waals surface area contributed by atoms with E-state index in [0.29, 0.717) is 18.2 Å². The maximum absolute atomic E-state index is 6.31. The summed E-state index contributed by atoms with van der Waals surface area (Å²) in [6.07, 6.45) is 0. The number of thiazole rings is 1. The van der Waals surface area contributed by atoms with E-state index in [9.17, 15) is 0 Å². The molecule has 0 radical (unpaired) electrons. The molecule has 4 rings (SSSR count). The second-order valence-electron chi connectivity index (χ2n) is 5.35. The molecule has 5 nitrogen and oxygen atoms in total. The number of anilines is 1. The van der Waals surface area contributed by atoms with Gasteiger partial charge in [0.25, 0.3) is 0 Å². The van der Waals surface area contributed by atoms with Crippen molar-refractivity contribution in [3.05, 3.63) is 35.1 Å². The number of morpholine rings is 1. The van der Waals surface area contributed by atoms with Crippen LogP contribution in [0.2, 0.25) is 5.02 Å². The van der Waals surface area contributed by atoms with Gasteiger partial charge in [0.2, 0.25) is 0 Å².